The van der Waals surface area contributed by atoms with E-state index in [4.69, 9.17) is 4.74 Å². The Labute approximate surface area is 92.8 Å². The molecular weight excluding hydrogens is 210 g/mol. The molecule has 1 fully saturated rings. The van der Waals surface area contributed by atoms with Crippen molar-refractivity contribution < 1.29 is 9.66 Å². The Balaban J connectivity index is 2.00. The summed E-state index contributed by atoms with van der Waals surface area (Å²) in [5.41, 5.74) is -0.0829. The van der Waals surface area contributed by atoms with E-state index in [2.05, 4.69) is 10.3 Å². The Morgan fingerprint density at radius 1 is 1.69 bits per heavy atom. The van der Waals surface area contributed by atoms with Gasteiger partial charge in [0.2, 0.25) is 0 Å². The third kappa shape index (κ3) is 2.46. The van der Waals surface area contributed by atoms with Crippen molar-refractivity contribution in [3.63, 3.8) is 0 Å². The molecule has 2 rings (SSSR count). The summed E-state index contributed by atoms with van der Waals surface area (Å²) in [4.78, 5) is 14.1. The molecule has 6 nitrogen and oxygen atoms in total. The van der Waals surface area contributed by atoms with Gasteiger partial charge in [0.25, 0.3) is 5.88 Å². The Morgan fingerprint density at radius 2 is 2.56 bits per heavy atom. The fourth-order valence-corrected chi connectivity index (χ4v) is 1.71. The highest BCUT2D eigenvalue weighted by molar-refractivity contribution is 5.39. The van der Waals surface area contributed by atoms with Crippen LogP contribution in [0.2, 0.25) is 0 Å². The Hall–Kier alpha value is -1.69. The van der Waals surface area contributed by atoms with Crippen LogP contribution in [0.3, 0.4) is 0 Å². The largest absolute Gasteiger partial charge is 0.471 e. The number of ether oxygens (including phenoxy) is 1. The topological polar surface area (TPSA) is 77.3 Å². The predicted octanol–water partition coefficient (Wildman–Crippen LogP) is 1.12. The molecule has 0 radical (unpaired) electrons. The van der Waals surface area contributed by atoms with Gasteiger partial charge < -0.3 is 10.1 Å². The highest BCUT2D eigenvalue weighted by atomic mass is 16.6. The predicted molar refractivity (Wildman–Crippen MR) is 57.4 cm³/mol. The second-order valence-corrected chi connectivity index (χ2v) is 3.69. The highest BCUT2D eigenvalue weighted by Gasteiger charge is 2.19. The van der Waals surface area contributed by atoms with Crippen LogP contribution in [-0.2, 0) is 0 Å². The number of nitrogens with zero attached hydrogens (tertiary/aromatic N) is 2. The first-order valence-corrected chi connectivity index (χ1v) is 5.23. The van der Waals surface area contributed by atoms with Gasteiger partial charge >= 0.3 is 5.69 Å². The van der Waals surface area contributed by atoms with E-state index in [0.717, 1.165) is 19.4 Å². The summed E-state index contributed by atoms with van der Waals surface area (Å²) in [7, 11) is 0. The van der Waals surface area contributed by atoms with Crippen LogP contribution in [0.15, 0.2) is 18.3 Å². The number of nitro groups is 1. The van der Waals surface area contributed by atoms with E-state index in [1.54, 1.807) is 0 Å². The van der Waals surface area contributed by atoms with Crippen molar-refractivity contribution in [2.75, 3.05) is 13.2 Å². The molecule has 0 aromatic carbocycles. The molecule has 0 bridgehead atoms. The van der Waals surface area contributed by atoms with Crippen LogP contribution in [0, 0.1) is 10.1 Å². The number of hydrogen-bond donors (Lipinski definition) is 1. The van der Waals surface area contributed by atoms with Gasteiger partial charge in [0.1, 0.15) is 6.61 Å². The lowest BCUT2D eigenvalue weighted by Crippen LogP contribution is -2.28. The third-order valence-electron chi connectivity index (χ3n) is 2.53. The monoisotopic (exact) mass is 223 g/mol. The van der Waals surface area contributed by atoms with E-state index >= 15 is 0 Å². The van der Waals surface area contributed by atoms with Crippen molar-refractivity contribution in [1.29, 1.82) is 0 Å². The fraction of sp³-hybridized carbons (Fsp3) is 0.500. The lowest BCUT2D eigenvalue weighted by Gasteiger charge is -2.10. The minimum absolute atomic E-state index is 0.0829. The maximum atomic E-state index is 10.7. The van der Waals surface area contributed by atoms with Crippen LogP contribution in [0.5, 0.6) is 5.88 Å². The molecule has 0 amide bonds. The number of rotatable bonds is 4. The lowest BCUT2D eigenvalue weighted by atomic mass is 10.2. The van der Waals surface area contributed by atoms with Crippen LogP contribution in [-0.4, -0.2) is 29.1 Å². The maximum Gasteiger partial charge on any atom is 0.330 e. The van der Waals surface area contributed by atoms with Crippen molar-refractivity contribution in [1.82, 2.24) is 10.3 Å². The van der Waals surface area contributed by atoms with Gasteiger partial charge in [-0.25, -0.2) is 4.98 Å². The van der Waals surface area contributed by atoms with Crippen LogP contribution >= 0.6 is 0 Å². The van der Waals surface area contributed by atoms with Gasteiger partial charge in [-0.1, -0.05) is 0 Å². The highest BCUT2D eigenvalue weighted by Crippen LogP contribution is 2.23. The molecule has 0 spiro atoms. The first kappa shape index (κ1) is 10.8. The summed E-state index contributed by atoms with van der Waals surface area (Å²) in [6.07, 6.45) is 3.66. The summed E-state index contributed by atoms with van der Waals surface area (Å²) in [6.45, 7) is 1.41. The van der Waals surface area contributed by atoms with Gasteiger partial charge in [0, 0.05) is 18.3 Å². The zero-order valence-corrected chi connectivity index (χ0v) is 8.76. The molecule has 6 heteroatoms. The van der Waals surface area contributed by atoms with E-state index in [1.807, 2.05) is 0 Å². The molecule has 1 unspecified atom stereocenters. The van der Waals surface area contributed by atoms with Gasteiger partial charge in [0.15, 0.2) is 0 Å². The molecule has 1 saturated heterocycles. The molecule has 86 valence electrons. The SMILES string of the molecule is O=[N+]([O-])c1cccnc1OCC1CCCN1. The maximum absolute atomic E-state index is 10.7. The van der Waals surface area contributed by atoms with E-state index in [9.17, 15) is 10.1 Å². The van der Waals surface area contributed by atoms with Crippen molar-refractivity contribution in [2.45, 2.75) is 18.9 Å². The Kier molecular flexibility index (Phi) is 3.31. The molecule has 1 aromatic heterocycles. The summed E-state index contributed by atoms with van der Waals surface area (Å²) >= 11 is 0. The molecule has 1 aromatic rings. The molecule has 1 atom stereocenters. The first-order valence-electron chi connectivity index (χ1n) is 5.23. The second kappa shape index (κ2) is 4.89. The lowest BCUT2D eigenvalue weighted by molar-refractivity contribution is -0.386. The zero-order chi connectivity index (χ0) is 11.4. The molecule has 1 aliphatic rings. The molecule has 1 aliphatic heterocycles. The molecule has 1 N–H and O–H groups in total. The smallest absolute Gasteiger partial charge is 0.330 e. The number of pyridine rings is 1. The van der Waals surface area contributed by atoms with E-state index in [-0.39, 0.29) is 17.6 Å². The summed E-state index contributed by atoms with van der Waals surface area (Å²) in [5.74, 6) is 0.0983. The summed E-state index contributed by atoms with van der Waals surface area (Å²) < 4.78 is 5.37. The number of aromatic nitrogens is 1. The first-order chi connectivity index (χ1) is 7.77. The Bertz CT molecular complexity index is 377. The van der Waals surface area contributed by atoms with Crippen molar-refractivity contribution >= 4 is 5.69 Å². The van der Waals surface area contributed by atoms with Gasteiger partial charge in [-0.15, -0.1) is 0 Å². The van der Waals surface area contributed by atoms with Crippen LogP contribution in [0.1, 0.15) is 12.8 Å². The molecule has 16 heavy (non-hydrogen) atoms. The van der Waals surface area contributed by atoms with Crippen LogP contribution in [0.4, 0.5) is 5.69 Å². The quantitative estimate of drug-likeness (QED) is 0.611. The van der Waals surface area contributed by atoms with Gasteiger partial charge in [-0.05, 0) is 25.5 Å². The van der Waals surface area contributed by atoms with Gasteiger partial charge in [0.05, 0.1) is 4.92 Å². The van der Waals surface area contributed by atoms with Crippen molar-refractivity contribution in [2.24, 2.45) is 0 Å². The minimum atomic E-state index is -0.482. The number of hydrogen-bond acceptors (Lipinski definition) is 5. The fourth-order valence-electron chi connectivity index (χ4n) is 1.71. The molecule has 0 saturated carbocycles. The van der Waals surface area contributed by atoms with Gasteiger partial charge in [-0.2, -0.15) is 0 Å². The van der Waals surface area contributed by atoms with Crippen LogP contribution < -0.4 is 10.1 Å². The average molecular weight is 223 g/mol. The number of nitrogens with one attached hydrogen (secondary N) is 1. The van der Waals surface area contributed by atoms with Gasteiger partial charge in [-0.3, -0.25) is 10.1 Å². The minimum Gasteiger partial charge on any atom is -0.471 e. The normalized spacial score (nSPS) is 19.6. The molecule has 2 heterocycles. The third-order valence-corrected chi connectivity index (χ3v) is 2.53. The molecular formula is C10H13N3O3. The van der Waals surface area contributed by atoms with E-state index < -0.39 is 4.92 Å². The summed E-state index contributed by atoms with van der Waals surface area (Å²) in [6, 6.07) is 3.20. The standard InChI is InChI=1S/C10H13N3O3/c14-13(15)9-4-2-6-12-10(9)16-7-8-3-1-5-11-8/h2,4,6,8,11H,1,3,5,7H2. The van der Waals surface area contributed by atoms with Crippen molar-refractivity contribution in [3.8, 4) is 5.88 Å². The van der Waals surface area contributed by atoms with Crippen molar-refractivity contribution in [3.05, 3.63) is 28.4 Å². The average Bonchev–Trinajstić information content (AvgIpc) is 2.79. The zero-order valence-electron chi connectivity index (χ0n) is 8.76. The van der Waals surface area contributed by atoms with E-state index in [0.29, 0.717) is 6.61 Å². The van der Waals surface area contributed by atoms with E-state index in [1.165, 1.54) is 18.3 Å². The molecule has 0 aliphatic carbocycles. The Morgan fingerprint density at radius 3 is 3.25 bits per heavy atom. The second-order valence-electron chi connectivity index (χ2n) is 3.69. The summed E-state index contributed by atoms with van der Waals surface area (Å²) in [5, 5.41) is 13.9. The van der Waals surface area contributed by atoms with Crippen LogP contribution in [0.25, 0.3) is 0 Å².